The van der Waals surface area contributed by atoms with Crippen molar-refractivity contribution in [1.29, 1.82) is 0 Å². The monoisotopic (exact) mass is 561 g/mol. The van der Waals surface area contributed by atoms with E-state index in [0.29, 0.717) is 6.42 Å². The molecule has 0 atom stereocenters. The average molecular weight is 562 g/mol. The normalized spacial score (nSPS) is 12.5. The summed E-state index contributed by atoms with van der Waals surface area (Å²) >= 11 is 3.49. The van der Waals surface area contributed by atoms with E-state index in [1.807, 2.05) is 41.9 Å². The van der Waals surface area contributed by atoms with Crippen molar-refractivity contribution in [3.05, 3.63) is 57.6 Å². The minimum Gasteiger partial charge on any atom is -0.464 e. The molecule has 9 heteroatoms. The second-order valence-electron chi connectivity index (χ2n) is 9.64. The molecule has 1 aliphatic rings. The number of hydroxylamine groups is 1. The molecule has 0 radical (unpaired) electrons. The number of hydrogen-bond acceptors (Lipinski definition) is 7. The first kappa shape index (κ1) is 27.5. The lowest BCUT2D eigenvalue weighted by molar-refractivity contribution is -0.177. The number of benzene rings is 2. The van der Waals surface area contributed by atoms with Gasteiger partial charge >= 0.3 is 18.0 Å². The summed E-state index contributed by atoms with van der Waals surface area (Å²) in [7, 11) is 0. The number of esters is 1. The first-order valence-corrected chi connectivity index (χ1v) is 12.7. The molecule has 194 valence electrons. The summed E-state index contributed by atoms with van der Waals surface area (Å²) in [5.74, 6) is 0.0698. The topological polar surface area (TPSA) is 100 Å². The number of nitrogens with one attached hydrogen (secondary N) is 1. The SMILES string of the molecule is CCC(CC)(C(=O)OCCc1ccc2c(c1)Cc1cc(Br)ccc1O2)C(=O)ONC(=O)OC(C)(C)C. The third-order valence-corrected chi connectivity index (χ3v) is 6.48. The van der Waals surface area contributed by atoms with Gasteiger partial charge < -0.3 is 19.0 Å². The summed E-state index contributed by atoms with van der Waals surface area (Å²) in [6.07, 6.45) is 0.601. The molecule has 0 bridgehead atoms. The molecular weight excluding hydrogens is 530 g/mol. The lowest BCUT2D eigenvalue weighted by atomic mass is 9.82. The van der Waals surface area contributed by atoms with Crippen molar-refractivity contribution in [2.24, 2.45) is 5.41 Å². The molecule has 2 aromatic carbocycles. The molecular formula is C27H32BrNO7. The summed E-state index contributed by atoms with van der Waals surface area (Å²) in [5, 5.41) is 0. The molecule has 36 heavy (non-hydrogen) atoms. The predicted octanol–water partition coefficient (Wildman–Crippen LogP) is 6.02. The molecule has 8 nitrogen and oxygen atoms in total. The maximum Gasteiger partial charge on any atom is 0.441 e. The summed E-state index contributed by atoms with van der Waals surface area (Å²) in [4.78, 5) is 42.4. The van der Waals surface area contributed by atoms with E-state index in [-0.39, 0.29) is 19.4 Å². The fourth-order valence-electron chi connectivity index (χ4n) is 3.93. The first-order chi connectivity index (χ1) is 17.0. The average Bonchev–Trinajstić information content (AvgIpc) is 2.81. The molecule has 0 spiro atoms. The standard InChI is InChI=1S/C27H32BrNO7/c1-6-27(7-2,24(31)36-29-25(32)35-26(3,4)5)23(30)33-13-12-17-8-10-21-18(14-17)15-19-16-20(28)9-11-22(19)34-21/h8-11,14,16H,6-7,12-13,15H2,1-5H3,(H,29,32). The van der Waals surface area contributed by atoms with Crippen LogP contribution in [0.4, 0.5) is 4.79 Å². The number of ether oxygens (including phenoxy) is 3. The Balaban J connectivity index is 1.58. The van der Waals surface area contributed by atoms with E-state index < -0.39 is 29.0 Å². The van der Waals surface area contributed by atoms with Crippen molar-refractivity contribution in [3.8, 4) is 11.5 Å². The minimum absolute atomic E-state index is 0.0924. The Morgan fingerprint density at radius 1 is 0.972 bits per heavy atom. The largest absolute Gasteiger partial charge is 0.464 e. The predicted molar refractivity (Wildman–Crippen MR) is 137 cm³/mol. The van der Waals surface area contributed by atoms with Crippen LogP contribution < -0.4 is 10.2 Å². The van der Waals surface area contributed by atoms with Crippen molar-refractivity contribution in [1.82, 2.24) is 5.48 Å². The van der Waals surface area contributed by atoms with Crippen LogP contribution in [-0.2, 0) is 36.7 Å². The molecule has 0 aromatic heterocycles. The third kappa shape index (κ3) is 6.57. The Morgan fingerprint density at radius 3 is 2.25 bits per heavy atom. The van der Waals surface area contributed by atoms with Crippen molar-refractivity contribution in [2.75, 3.05) is 6.61 Å². The maximum atomic E-state index is 12.9. The van der Waals surface area contributed by atoms with Crippen LogP contribution in [0.25, 0.3) is 0 Å². The van der Waals surface area contributed by atoms with Crippen molar-refractivity contribution in [2.45, 2.75) is 65.9 Å². The molecule has 1 amide bonds. The van der Waals surface area contributed by atoms with E-state index in [1.165, 1.54) is 0 Å². The second-order valence-corrected chi connectivity index (χ2v) is 10.6. The third-order valence-electron chi connectivity index (χ3n) is 5.99. The van der Waals surface area contributed by atoms with Gasteiger partial charge in [-0.25, -0.2) is 9.59 Å². The van der Waals surface area contributed by atoms with Gasteiger partial charge in [0.05, 0.1) is 6.61 Å². The number of rotatable bonds is 7. The van der Waals surface area contributed by atoms with Crippen molar-refractivity contribution in [3.63, 3.8) is 0 Å². The van der Waals surface area contributed by atoms with Gasteiger partial charge in [0, 0.05) is 22.9 Å². The van der Waals surface area contributed by atoms with Crippen LogP contribution in [0, 0.1) is 5.41 Å². The molecule has 0 fully saturated rings. The minimum atomic E-state index is -1.53. The van der Waals surface area contributed by atoms with Crippen LogP contribution in [0.2, 0.25) is 0 Å². The van der Waals surface area contributed by atoms with Crippen LogP contribution in [0.1, 0.15) is 64.2 Å². The molecule has 0 aliphatic carbocycles. The summed E-state index contributed by atoms with van der Waals surface area (Å²) < 4.78 is 17.5. The summed E-state index contributed by atoms with van der Waals surface area (Å²) in [6, 6.07) is 11.8. The molecule has 0 saturated heterocycles. The Bertz CT molecular complexity index is 1140. The van der Waals surface area contributed by atoms with Gasteiger partial charge in [-0.15, -0.1) is 5.48 Å². The molecule has 0 unspecified atom stereocenters. The quantitative estimate of drug-likeness (QED) is 0.163. The van der Waals surface area contributed by atoms with Gasteiger partial charge in [0.15, 0.2) is 5.41 Å². The second kappa shape index (κ2) is 11.3. The Kier molecular flexibility index (Phi) is 8.66. The van der Waals surface area contributed by atoms with Gasteiger partial charge in [0.25, 0.3) is 0 Å². The molecule has 1 N–H and O–H groups in total. The van der Waals surface area contributed by atoms with E-state index in [9.17, 15) is 14.4 Å². The molecule has 2 aromatic rings. The van der Waals surface area contributed by atoms with Gasteiger partial charge in [-0.3, -0.25) is 4.79 Å². The van der Waals surface area contributed by atoms with Gasteiger partial charge in [-0.05, 0) is 69.0 Å². The van der Waals surface area contributed by atoms with Gasteiger partial charge in [-0.2, -0.15) is 0 Å². The van der Waals surface area contributed by atoms with E-state index in [2.05, 4.69) is 15.9 Å². The van der Waals surface area contributed by atoms with E-state index in [0.717, 1.165) is 39.1 Å². The zero-order valence-electron chi connectivity index (χ0n) is 21.2. The lowest BCUT2D eigenvalue weighted by Crippen LogP contribution is -2.45. The highest BCUT2D eigenvalue weighted by molar-refractivity contribution is 9.10. The number of carbonyl (C=O) groups is 3. The summed E-state index contributed by atoms with van der Waals surface area (Å²) in [5.41, 5.74) is 2.79. The highest BCUT2D eigenvalue weighted by atomic mass is 79.9. The summed E-state index contributed by atoms with van der Waals surface area (Å²) in [6.45, 7) is 8.53. The van der Waals surface area contributed by atoms with Crippen LogP contribution >= 0.6 is 15.9 Å². The number of fused-ring (bicyclic) bond motifs is 2. The smallest absolute Gasteiger partial charge is 0.441 e. The lowest BCUT2D eigenvalue weighted by Gasteiger charge is -2.27. The molecule has 3 rings (SSSR count). The van der Waals surface area contributed by atoms with Crippen LogP contribution in [0.3, 0.4) is 0 Å². The maximum absolute atomic E-state index is 12.9. The Morgan fingerprint density at radius 2 is 1.61 bits per heavy atom. The highest BCUT2D eigenvalue weighted by Gasteiger charge is 2.46. The van der Waals surface area contributed by atoms with E-state index in [1.54, 1.807) is 34.6 Å². The molecule has 1 aliphatic heterocycles. The Hall–Kier alpha value is -3.07. The molecule has 1 heterocycles. The Labute approximate surface area is 219 Å². The molecule has 0 saturated carbocycles. The number of hydrogen-bond donors (Lipinski definition) is 1. The zero-order valence-corrected chi connectivity index (χ0v) is 22.8. The first-order valence-electron chi connectivity index (χ1n) is 11.9. The number of halogens is 1. The number of amides is 1. The van der Waals surface area contributed by atoms with Gasteiger partial charge in [0.1, 0.15) is 17.1 Å². The van der Waals surface area contributed by atoms with Crippen molar-refractivity contribution < 1.29 is 33.4 Å². The fraction of sp³-hybridized carbons (Fsp3) is 0.444. The van der Waals surface area contributed by atoms with Crippen molar-refractivity contribution >= 4 is 34.0 Å². The highest BCUT2D eigenvalue weighted by Crippen LogP contribution is 2.38. The van der Waals surface area contributed by atoms with Crippen LogP contribution in [-0.4, -0.2) is 30.2 Å². The van der Waals surface area contributed by atoms with Gasteiger partial charge in [-0.1, -0.05) is 41.9 Å². The van der Waals surface area contributed by atoms with Gasteiger partial charge in [0.2, 0.25) is 0 Å². The van der Waals surface area contributed by atoms with E-state index in [4.69, 9.17) is 19.0 Å². The zero-order chi connectivity index (χ0) is 26.5. The van der Waals surface area contributed by atoms with Crippen LogP contribution in [0.5, 0.6) is 11.5 Å². The van der Waals surface area contributed by atoms with E-state index >= 15 is 0 Å². The number of carbonyl (C=O) groups excluding carboxylic acids is 3. The van der Waals surface area contributed by atoms with Crippen LogP contribution in [0.15, 0.2) is 40.9 Å². The fourth-order valence-corrected chi connectivity index (χ4v) is 4.34.